The van der Waals surface area contributed by atoms with Crippen LogP contribution in [0.5, 0.6) is 5.75 Å². The molecule has 4 rings (SSSR count). The Bertz CT molecular complexity index is 1010. The molecule has 1 fully saturated rings. The molecule has 1 N–H and O–H groups in total. The minimum atomic E-state index is -0.186. The summed E-state index contributed by atoms with van der Waals surface area (Å²) in [7, 11) is 0. The van der Waals surface area contributed by atoms with Crippen LogP contribution in [0.3, 0.4) is 0 Å². The number of hydrazone groups is 1. The van der Waals surface area contributed by atoms with Gasteiger partial charge < -0.3 is 4.74 Å². The Labute approximate surface area is 184 Å². The molecule has 4 heteroatoms. The summed E-state index contributed by atoms with van der Waals surface area (Å²) in [6, 6.07) is 25.7. The van der Waals surface area contributed by atoms with Crippen LogP contribution in [0.15, 0.2) is 84.0 Å². The van der Waals surface area contributed by atoms with Crippen molar-refractivity contribution in [3.63, 3.8) is 0 Å². The summed E-state index contributed by atoms with van der Waals surface area (Å²) in [6.07, 6.45) is 8.05. The topological polar surface area (TPSA) is 50.7 Å². The number of hydrogen-bond acceptors (Lipinski definition) is 3. The van der Waals surface area contributed by atoms with Crippen molar-refractivity contribution in [2.24, 2.45) is 11.0 Å². The Morgan fingerprint density at radius 1 is 0.903 bits per heavy atom. The lowest BCUT2D eigenvalue weighted by Crippen LogP contribution is -2.19. The monoisotopic (exact) mass is 412 g/mol. The molecule has 0 heterocycles. The largest absolute Gasteiger partial charge is 0.488 e. The van der Waals surface area contributed by atoms with E-state index in [1.54, 1.807) is 0 Å². The van der Waals surface area contributed by atoms with Crippen LogP contribution in [0.4, 0.5) is 0 Å². The SMILES string of the molecule is O=C(N/N=C\C1CCCCC1)c1ccc(COc2ccccc2-c2ccccc2)cc1. The number of hydrogen-bond donors (Lipinski definition) is 1. The molecule has 0 bridgehead atoms. The number of amides is 1. The summed E-state index contributed by atoms with van der Waals surface area (Å²) in [5.74, 6) is 1.15. The molecule has 3 aromatic rings. The Morgan fingerprint density at radius 3 is 2.39 bits per heavy atom. The Morgan fingerprint density at radius 2 is 1.61 bits per heavy atom. The smallest absolute Gasteiger partial charge is 0.271 e. The minimum Gasteiger partial charge on any atom is -0.488 e. The molecule has 1 aliphatic carbocycles. The number of carbonyl (C=O) groups excluding carboxylic acids is 1. The van der Waals surface area contributed by atoms with Crippen molar-refractivity contribution in [1.82, 2.24) is 5.43 Å². The van der Waals surface area contributed by atoms with Crippen molar-refractivity contribution in [2.45, 2.75) is 38.7 Å². The number of ether oxygens (including phenoxy) is 1. The third-order valence-corrected chi connectivity index (χ3v) is 5.68. The van der Waals surface area contributed by atoms with Crippen LogP contribution in [0.2, 0.25) is 0 Å². The number of rotatable bonds is 7. The highest BCUT2D eigenvalue weighted by atomic mass is 16.5. The van der Waals surface area contributed by atoms with Gasteiger partial charge in [0.1, 0.15) is 12.4 Å². The highest BCUT2D eigenvalue weighted by Crippen LogP contribution is 2.30. The second kappa shape index (κ2) is 10.6. The standard InChI is InChI=1S/C27H28N2O2/c30-27(29-28-19-21-9-3-1-4-10-21)24-17-15-22(16-18-24)20-31-26-14-8-7-13-25(26)23-11-5-2-6-12-23/h2,5-8,11-19,21H,1,3-4,9-10,20H2,(H,29,30)/b28-19-. The van der Waals surface area contributed by atoms with E-state index >= 15 is 0 Å². The number of benzene rings is 3. The van der Waals surface area contributed by atoms with Crippen molar-refractivity contribution < 1.29 is 9.53 Å². The predicted octanol–water partition coefficient (Wildman–Crippen LogP) is 6.23. The van der Waals surface area contributed by atoms with Crippen LogP contribution in [-0.2, 0) is 6.61 Å². The van der Waals surface area contributed by atoms with Gasteiger partial charge in [0.05, 0.1) is 0 Å². The molecule has 0 spiro atoms. The van der Waals surface area contributed by atoms with Crippen LogP contribution < -0.4 is 10.2 Å². The van der Waals surface area contributed by atoms with E-state index in [-0.39, 0.29) is 5.91 Å². The maximum atomic E-state index is 12.3. The van der Waals surface area contributed by atoms with Gasteiger partial charge in [0, 0.05) is 17.3 Å². The number of nitrogens with one attached hydrogen (secondary N) is 1. The average Bonchev–Trinajstić information content (AvgIpc) is 2.84. The first-order chi connectivity index (χ1) is 15.3. The summed E-state index contributed by atoms with van der Waals surface area (Å²) >= 11 is 0. The second-order valence-corrected chi connectivity index (χ2v) is 7.96. The molecule has 0 unspecified atom stereocenters. The molecule has 1 saturated carbocycles. The van der Waals surface area contributed by atoms with E-state index in [4.69, 9.17) is 4.74 Å². The lowest BCUT2D eigenvalue weighted by molar-refractivity contribution is 0.0955. The summed E-state index contributed by atoms with van der Waals surface area (Å²) in [4.78, 5) is 12.3. The molecule has 3 aromatic carbocycles. The van der Waals surface area contributed by atoms with Gasteiger partial charge in [-0.3, -0.25) is 4.79 Å². The zero-order valence-corrected chi connectivity index (χ0v) is 17.7. The van der Waals surface area contributed by atoms with Crippen molar-refractivity contribution in [3.05, 3.63) is 90.0 Å². The van der Waals surface area contributed by atoms with E-state index < -0.39 is 0 Å². The second-order valence-electron chi connectivity index (χ2n) is 7.96. The average molecular weight is 413 g/mol. The van der Waals surface area contributed by atoms with E-state index in [1.165, 1.54) is 32.1 Å². The number of carbonyl (C=O) groups is 1. The molecular weight excluding hydrogens is 384 g/mol. The third kappa shape index (κ3) is 5.82. The first-order valence-electron chi connectivity index (χ1n) is 11.0. The van der Waals surface area contributed by atoms with Crippen molar-refractivity contribution in [2.75, 3.05) is 0 Å². The Balaban J connectivity index is 1.33. The maximum absolute atomic E-state index is 12.3. The molecule has 158 valence electrons. The maximum Gasteiger partial charge on any atom is 0.271 e. The van der Waals surface area contributed by atoms with Crippen molar-refractivity contribution >= 4 is 12.1 Å². The van der Waals surface area contributed by atoms with Crippen LogP contribution >= 0.6 is 0 Å². The minimum absolute atomic E-state index is 0.186. The molecule has 1 aliphatic rings. The Hall–Kier alpha value is -3.40. The fourth-order valence-electron chi connectivity index (χ4n) is 3.91. The fraction of sp³-hybridized carbons (Fsp3) is 0.259. The van der Waals surface area contributed by atoms with Gasteiger partial charge in [0.15, 0.2) is 0 Å². The number of nitrogens with zero attached hydrogens (tertiary/aromatic N) is 1. The van der Waals surface area contributed by atoms with Gasteiger partial charge in [-0.25, -0.2) is 5.43 Å². The molecule has 0 aliphatic heterocycles. The van der Waals surface area contributed by atoms with Crippen LogP contribution in [0.25, 0.3) is 11.1 Å². The predicted molar refractivity (Wildman–Crippen MR) is 125 cm³/mol. The van der Waals surface area contributed by atoms with Crippen LogP contribution in [0.1, 0.15) is 48.0 Å². The molecule has 0 atom stereocenters. The molecule has 0 aromatic heterocycles. The normalized spacial score (nSPS) is 14.5. The van der Waals surface area contributed by atoms with E-state index in [1.807, 2.05) is 66.9 Å². The molecule has 0 radical (unpaired) electrons. The summed E-state index contributed by atoms with van der Waals surface area (Å²) in [6.45, 7) is 0.436. The van der Waals surface area contributed by atoms with Gasteiger partial charge in [0.2, 0.25) is 0 Å². The van der Waals surface area contributed by atoms with Gasteiger partial charge in [0.25, 0.3) is 5.91 Å². The summed E-state index contributed by atoms with van der Waals surface area (Å²) in [5.41, 5.74) is 6.43. The zero-order chi connectivity index (χ0) is 21.3. The van der Waals surface area contributed by atoms with E-state index in [0.717, 1.165) is 22.4 Å². The molecule has 4 nitrogen and oxygen atoms in total. The number of para-hydroxylation sites is 1. The molecule has 0 saturated heterocycles. The highest BCUT2D eigenvalue weighted by molar-refractivity contribution is 5.94. The van der Waals surface area contributed by atoms with Crippen molar-refractivity contribution in [1.29, 1.82) is 0 Å². The molecular formula is C27H28N2O2. The van der Waals surface area contributed by atoms with Crippen LogP contribution in [-0.4, -0.2) is 12.1 Å². The summed E-state index contributed by atoms with van der Waals surface area (Å²) in [5, 5.41) is 4.16. The summed E-state index contributed by atoms with van der Waals surface area (Å²) < 4.78 is 6.09. The van der Waals surface area contributed by atoms with Gasteiger partial charge in [-0.15, -0.1) is 0 Å². The molecule has 31 heavy (non-hydrogen) atoms. The Kier molecular flexibility index (Phi) is 7.12. The lowest BCUT2D eigenvalue weighted by Gasteiger charge is -2.16. The molecule has 1 amide bonds. The first-order valence-corrected chi connectivity index (χ1v) is 11.0. The van der Waals surface area contributed by atoms with E-state index in [2.05, 4.69) is 28.7 Å². The first kappa shape index (κ1) is 20.9. The van der Waals surface area contributed by atoms with Gasteiger partial charge in [-0.05, 0) is 48.1 Å². The third-order valence-electron chi connectivity index (χ3n) is 5.68. The quantitative estimate of drug-likeness (QED) is 0.369. The van der Waals surface area contributed by atoms with Crippen molar-refractivity contribution in [3.8, 4) is 16.9 Å². The highest BCUT2D eigenvalue weighted by Gasteiger charge is 2.11. The van der Waals surface area contributed by atoms with Crippen LogP contribution in [0, 0.1) is 5.92 Å². The van der Waals surface area contributed by atoms with Gasteiger partial charge in [-0.1, -0.05) is 79.9 Å². The zero-order valence-electron chi connectivity index (χ0n) is 17.7. The van der Waals surface area contributed by atoms with E-state index in [0.29, 0.717) is 18.1 Å². The fourth-order valence-corrected chi connectivity index (χ4v) is 3.91. The van der Waals surface area contributed by atoms with Gasteiger partial charge in [-0.2, -0.15) is 5.10 Å². The lowest BCUT2D eigenvalue weighted by atomic mass is 9.90. The van der Waals surface area contributed by atoms with Gasteiger partial charge >= 0.3 is 0 Å². The van der Waals surface area contributed by atoms with E-state index in [9.17, 15) is 4.79 Å².